The fourth-order valence-electron chi connectivity index (χ4n) is 4.12. The van der Waals surface area contributed by atoms with E-state index in [9.17, 15) is 0 Å². The van der Waals surface area contributed by atoms with Gasteiger partial charge in [0.25, 0.3) is 0 Å². The summed E-state index contributed by atoms with van der Waals surface area (Å²) in [5, 5.41) is 3.66. The molecule has 19 heavy (non-hydrogen) atoms. The van der Waals surface area contributed by atoms with Crippen LogP contribution < -0.4 is 5.32 Å². The molecule has 0 spiro atoms. The third-order valence-electron chi connectivity index (χ3n) is 5.24. The van der Waals surface area contributed by atoms with Crippen LogP contribution in [0.1, 0.15) is 37.7 Å². The third kappa shape index (κ3) is 2.32. The van der Waals surface area contributed by atoms with E-state index >= 15 is 0 Å². The molecule has 2 fully saturated rings. The second-order valence-electron chi connectivity index (χ2n) is 6.09. The van der Waals surface area contributed by atoms with Crippen molar-refractivity contribution in [3.05, 3.63) is 35.9 Å². The Kier molecular flexibility index (Phi) is 3.90. The molecule has 1 aliphatic heterocycles. The van der Waals surface area contributed by atoms with Crippen LogP contribution in [-0.4, -0.2) is 26.3 Å². The average Bonchev–Trinajstić information content (AvgIpc) is 2.44. The molecule has 2 aliphatic rings. The van der Waals surface area contributed by atoms with Gasteiger partial charge in [0.15, 0.2) is 0 Å². The number of nitrogens with one attached hydrogen (secondary N) is 1. The predicted molar refractivity (Wildman–Crippen MR) is 78.4 cm³/mol. The average molecular weight is 259 g/mol. The molecule has 2 nitrogen and oxygen atoms in total. The summed E-state index contributed by atoms with van der Waals surface area (Å²) < 4.78 is 5.54. The van der Waals surface area contributed by atoms with E-state index in [2.05, 4.69) is 42.7 Å². The zero-order valence-electron chi connectivity index (χ0n) is 11.9. The highest BCUT2D eigenvalue weighted by molar-refractivity contribution is 5.31. The minimum Gasteiger partial charge on any atom is -0.381 e. The Balaban J connectivity index is 1.87. The summed E-state index contributed by atoms with van der Waals surface area (Å²) in [6.45, 7) is 1.88. The first-order valence-electron chi connectivity index (χ1n) is 7.67. The monoisotopic (exact) mass is 259 g/mol. The van der Waals surface area contributed by atoms with Crippen LogP contribution in [0.4, 0.5) is 0 Å². The lowest BCUT2D eigenvalue weighted by Gasteiger charge is -2.51. The Morgan fingerprint density at radius 2 is 1.84 bits per heavy atom. The molecule has 1 atom stereocenters. The lowest BCUT2D eigenvalue weighted by molar-refractivity contribution is 0.0264. The van der Waals surface area contributed by atoms with Gasteiger partial charge in [-0.1, -0.05) is 36.8 Å². The van der Waals surface area contributed by atoms with E-state index in [1.807, 2.05) is 0 Å². The van der Waals surface area contributed by atoms with Crippen molar-refractivity contribution in [2.75, 3.05) is 20.3 Å². The van der Waals surface area contributed by atoms with Crippen molar-refractivity contribution < 1.29 is 4.74 Å². The van der Waals surface area contributed by atoms with Crippen LogP contribution in [0.25, 0.3) is 0 Å². The van der Waals surface area contributed by atoms with Crippen LogP contribution in [0.5, 0.6) is 0 Å². The number of ether oxygens (including phenoxy) is 1. The van der Waals surface area contributed by atoms with Crippen LogP contribution in [0.3, 0.4) is 0 Å². The van der Waals surface area contributed by atoms with Crippen LogP contribution in [0, 0.1) is 5.92 Å². The Labute approximate surface area is 116 Å². The van der Waals surface area contributed by atoms with E-state index in [0.29, 0.717) is 11.5 Å². The Bertz CT molecular complexity index is 393. The molecule has 0 aromatic heterocycles. The van der Waals surface area contributed by atoms with Gasteiger partial charge in [0.1, 0.15) is 0 Å². The molecule has 3 rings (SSSR count). The molecule has 1 aliphatic carbocycles. The highest BCUT2D eigenvalue weighted by atomic mass is 16.5. The van der Waals surface area contributed by atoms with Crippen LogP contribution in [0.2, 0.25) is 0 Å². The normalized spacial score (nSPS) is 24.7. The number of hydrogen-bond donors (Lipinski definition) is 1. The van der Waals surface area contributed by atoms with Gasteiger partial charge in [-0.15, -0.1) is 0 Å². The molecule has 0 radical (unpaired) electrons. The smallest absolute Gasteiger partial charge is 0.0469 e. The summed E-state index contributed by atoms with van der Waals surface area (Å²) in [6, 6.07) is 11.7. The lowest BCUT2D eigenvalue weighted by Crippen LogP contribution is -2.56. The third-order valence-corrected chi connectivity index (χ3v) is 5.24. The Morgan fingerprint density at radius 1 is 1.16 bits per heavy atom. The van der Waals surface area contributed by atoms with Crippen molar-refractivity contribution in [3.63, 3.8) is 0 Å². The molecular formula is C17H25NO. The maximum Gasteiger partial charge on any atom is 0.0469 e. The number of benzene rings is 1. The predicted octanol–water partition coefficient (Wildman–Crippen LogP) is 3.12. The molecule has 1 aromatic carbocycles. The van der Waals surface area contributed by atoms with E-state index in [4.69, 9.17) is 4.74 Å². The van der Waals surface area contributed by atoms with Gasteiger partial charge in [0, 0.05) is 24.7 Å². The van der Waals surface area contributed by atoms with E-state index < -0.39 is 0 Å². The molecule has 104 valence electrons. The fraction of sp³-hybridized carbons (Fsp3) is 0.647. The summed E-state index contributed by atoms with van der Waals surface area (Å²) >= 11 is 0. The van der Waals surface area contributed by atoms with Gasteiger partial charge in [0.05, 0.1) is 0 Å². The Morgan fingerprint density at radius 3 is 2.37 bits per heavy atom. The van der Waals surface area contributed by atoms with Gasteiger partial charge < -0.3 is 10.1 Å². The van der Waals surface area contributed by atoms with Gasteiger partial charge in [-0.3, -0.25) is 0 Å². The van der Waals surface area contributed by atoms with E-state index in [0.717, 1.165) is 19.1 Å². The summed E-state index contributed by atoms with van der Waals surface area (Å²) in [5.74, 6) is 0.763. The first kappa shape index (κ1) is 13.1. The van der Waals surface area contributed by atoms with Gasteiger partial charge in [-0.2, -0.15) is 0 Å². The summed E-state index contributed by atoms with van der Waals surface area (Å²) in [7, 11) is 2.14. The molecule has 1 saturated carbocycles. The molecule has 0 amide bonds. The number of likely N-dealkylation sites (N-methyl/N-ethyl adjacent to an activating group) is 1. The van der Waals surface area contributed by atoms with Crippen molar-refractivity contribution in [1.29, 1.82) is 0 Å². The molecule has 1 aromatic rings. The van der Waals surface area contributed by atoms with Crippen LogP contribution >= 0.6 is 0 Å². The zero-order chi connectivity index (χ0) is 13.1. The SMILES string of the molecule is CNC(C1CCOCC1)C1(c2ccccc2)CCC1. The van der Waals surface area contributed by atoms with Gasteiger partial charge in [-0.25, -0.2) is 0 Å². The molecule has 2 heteroatoms. The summed E-state index contributed by atoms with van der Waals surface area (Å²) in [5.41, 5.74) is 1.91. The number of rotatable bonds is 4. The first-order chi connectivity index (χ1) is 9.37. The van der Waals surface area contributed by atoms with Crippen molar-refractivity contribution in [2.24, 2.45) is 5.92 Å². The topological polar surface area (TPSA) is 21.3 Å². The van der Waals surface area contributed by atoms with Crippen molar-refractivity contribution in [1.82, 2.24) is 5.32 Å². The molecule has 1 saturated heterocycles. The second kappa shape index (κ2) is 5.64. The van der Waals surface area contributed by atoms with Crippen molar-refractivity contribution >= 4 is 0 Å². The fourth-order valence-corrected chi connectivity index (χ4v) is 4.12. The van der Waals surface area contributed by atoms with Crippen molar-refractivity contribution in [2.45, 2.75) is 43.6 Å². The molecule has 1 unspecified atom stereocenters. The standard InChI is InChI=1S/C17H25NO/c1-18-16(14-8-12-19-13-9-14)17(10-5-11-17)15-6-3-2-4-7-15/h2-4,6-7,14,16,18H,5,8-13H2,1H3. The largest absolute Gasteiger partial charge is 0.381 e. The molecule has 0 bridgehead atoms. The minimum atomic E-state index is 0.373. The van der Waals surface area contributed by atoms with E-state index in [1.165, 1.54) is 37.7 Å². The maximum atomic E-state index is 5.54. The quantitative estimate of drug-likeness (QED) is 0.897. The van der Waals surface area contributed by atoms with Gasteiger partial charge in [-0.05, 0) is 44.2 Å². The lowest BCUT2D eigenvalue weighted by atomic mass is 9.57. The Hall–Kier alpha value is -0.860. The van der Waals surface area contributed by atoms with Crippen LogP contribution in [-0.2, 0) is 10.2 Å². The highest BCUT2D eigenvalue weighted by Gasteiger charge is 2.47. The van der Waals surface area contributed by atoms with Crippen LogP contribution in [0.15, 0.2) is 30.3 Å². The first-order valence-corrected chi connectivity index (χ1v) is 7.67. The summed E-state index contributed by atoms with van der Waals surface area (Å²) in [6.07, 6.45) is 6.45. The van der Waals surface area contributed by atoms with Gasteiger partial charge in [0.2, 0.25) is 0 Å². The number of hydrogen-bond acceptors (Lipinski definition) is 2. The van der Waals surface area contributed by atoms with Gasteiger partial charge >= 0.3 is 0 Å². The minimum absolute atomic E-state index is 0.373. The van der Waals surface area contributed by atoms with E-state index in [-0.39, 0.29) is 0 Å². The highest BCUT2D eigenvalue weighted by Crippen LogP contribution is 2.49. The van der Waals surface area contributed by atoms with E-state index in [1.54, 1.807) is 0 Å². The molecule has 1 N–H and O–H groups in total. The summed E-state index contributed by atoms with van der Waals surface area (Å²) in [4.78, 5) is 0. The molecular weight excluding hydrogens is 234 g/mol. The maximum absolute atomic E-state index is 5.54. The molecule has 1 heterocycles. The zero-order valence-corrected chi connectivity index (χ0v) is 11.9. The second-order valence-corrected chi connectivity index (χ2v) is 6.09. The van der Waals surface area contributed by atoms with Crippen molar-refractivity contribution in [3.8, 4) is 0 Å².